The second-order valence-corrected chi connectivity index (χ2v) is 6.93. The van der Waals surface area contributed by atoms with Crippen LogP contribution in [0.5, 0.6) is 5.88 Å². The second kappa shape index (κ2) is 5.88. The van der Waals surface area contributed by atoms with Crippen LogP contribution in [0.15, 0.2) is 18.2 Å². The SMILES string of the molecule is CCCCS(=O)(=O)N1CC(Oc2cccc(C)n2)C1. The van der Waals surface area contributed by atoms with Gasteiger partial charge in [0.2, 0.25) is 15.9 Å². The second-order valence-electron chi connectivity index (χ2n) is 4.84. The largest absolute Gasteiger partial charge is 0.472 e. The third kappa shape index (κ3) is 3.67. The van der Waals surface area contributed by atoms with E-state index in [0.29, 0.717) is 25.4 Å². The van der Waals surface area contributed by atoms with Gasteiger partial charge in [0.25, 0.3) is 0 Å². The molecule has 0 aliphatic carbocycles. The van der Waals surface area contributed by atoms with Crippen LogP contribution in [0.4, 0.5) is 0 Å². The number of ether oxygens (including phenoxy) is 1. The lowest BCUT2D eigenvalue weighted by Crippen LogP contribution is -2.56. The molecular formula is C13H20N2O3S. The molecule has 0 atom stereocenters. The van der Waals surface area contributed by atoms with Crippen molar-refractivity contribution >= 4 is 10.0 Å². The van der Waals surface area contributed by atoms with Gasteiger partial charge in [0, 0.05) is 11.8 Å². The van der Waals surface area contributed by atoms with Crippen molar-refractivity contribution in [1.29, 1.82) is 0 Å². The standard InChI is InChI=1S/C13H20N2O3S/c1-3-4-8-19(16,17)15-9-12(10-15)18-13-7-5-6-11(2)14-13/h5-7,12H,3-4,8-10H2,1-2H3. The fourth-order valence-corrected chi connectivity index (χ4v) is 3.61. The number of hydrogen-bond acceptors (Lipinski definition) is 4. The Morgan fingerprint density at radius 2 is 2.16 bits per heavy atom. The average molecular weight is 284 g/mol. The van der Waals surface area contributed by atoms with Gasteiger partial charge in [-0.2, -0.15) is 4.31 Å². The highest BCUT2D eigenvalue weighted by Crippen LogP contribution is 2.20. The molecule has 2 heterocycles. The van der Waals surface area contributed by atoms with E-state index in [1.807, 2.05) is 26.0 Å². The van der Waals surface area contributed by atoms with E-state index in [1.54, 1.807) is 6.07 Å². The number of pyridine rings is 1. The van der Waals surface area contributed by atoms with Gasteiger partial charge in [-0.05, 0) is 19.4 Å². The van der Waals surface area contributed by atoms with Crippen molar-refractivity contribution in [2.45, 2.75) is 32.8 Å². The molecule has 0 radical (unpaired) electrons. The van der Waals surface area contributed by atoms with Crippen LogP contribution in [-0.2, 0) is 10.0 Å². The molecule has 0 amide bonds. The minimum Gasteiger partial charge on any atom is -0.472 e. The summed E-state index contributed by atoms with van der Waals surface area (Å²) in [6, 6.07) is 5.57. The van der Waals surface area contributed by atoms with E-state index >= 15 is 0 Å². The van der Waals surface area contributed by atoms with Crippen LogP contribution < -0.4 is 4.74 Å². The fraction of sp³-hybridized carbons (Fsp3) is 0.615. The third-order valence-electron chi connectivity index (χ3n) is 3.11. The van der Waals surface area contributed by atoms with Crippen LogP contribution in [-0.4, -0.2) is 42.7 Å². The first kappa shape index (κ1) is 14.3. The molecule has 0 aromatic carbocycles. The molecule has 1 aliphatic rings. The summed E-state index contributed by atoms with van der Waals surface area (Å²) in [5.41, 5.74) is 0.893. The minimum atomic E-state index is -3.09. The zero-order valence-electron chi connectivity index (χ0n) is 11.4. The molecule has 1 aliphatic heterocycles. The van der Waals surface area contributed by atoms with E-state index in [-0.39, 0.29) is 11.9 Å². The molecule has 1 aromatic rings. The van der Waals surface area contributed by atoms with Gasteiger partial charge in [-0.15, -0.1) is 0 Å². The third-order valence-corrected chi connectivity index (χ3v) is 5.00. The topological polar surface area (TPSA) is 59.5 Å². The summed E-state index contributed by atoms with van der Waals surface area (Å²) in [4.78, 5) is 4.24. The number of sulfonamides is 1. The highest BCUT2D eigenvalue weighted by Gasteiger charge is 2.36. The Morgan fingerprint density at radius 1 is 1.42 bits per heavy atom. The van der Waals surface area contributed by atoms with Crippen molar-refractivity contribution in [2.24, 2.45) is 0 Å². The molecule has 1 aromatic heterocycles. The molecule has 6 heteroatoms. The molecular weight excluding hydrogens is 264 g/mol. The number of rotatable bonds is 6. The Morgan fingerprint density at radius 3 is 2.79 bits per heavy atom. The fourth-order valence-electron chi connectivity index (χ4n) is 1.91. The lowest BCUT2D eigenvalue weighted by molar-refractivity contribution is 0.0719. The highest BCUT2D eigenvalue weighted by atomic mass is 32.2. The molecule has 19 heavy (non-hydrogen) atoms. The van der Waals surface area contributed by atoms with E-state index < -0.39 is 10.0 Å². The quantitative estimate of drug-likeness (QED) is 0.796. The molecule has 5 nitrogen and oxygen atoms in total. The summed E-state index contributed by atoms with van der Waals surface area (Å²) < 4.78 is 30.9. The van der Waals surface area contributed by atoms with E-state index in [1.165, 1.54) is 4.31 Å². The highest BCUT2D eigenvalue weighted by molar-refractivity contribution is 7.89. The summed E-state index contributed by atoms with van der Waals surface area (Å²) in [6.45, 7) is 4.75. The summed E-state index contributed by atoms with van der Waals surface area (Å²) in [5, 5.41) is 0. The zero-order valence-corrected chi connectivity index (χ0v) is 12.2. The summed E-state index contributed by atoms with van der Waals surface area (Å²) >= 11 is 0. The van der Waals surface area contributed by atoms with Crippen molar-refractivity contribution in [3.8, 4) is 5.88 Å². The van der Waals surface area contributed by atoms with E-state index in [4.69, 9.17) is 4.74 Å². The van der Waals surface area contributed by atoms with Crippen LogP contribution >= 0.6 is 0 Å². The summed E-state index contributed by atoms with van der Waals surface area (Å²) in [5.74, 6) is 0.800. The van der Waals surface area contributed by atoms with Crippen LogP contribution in [0.1, 0.15) is 25.5 Å². The van der Waals surface area contributed by atoms with Gasteiger partial charge < -0.3 is 4.74 Å². The molecule has 106 valence electrons. The lowest BCUT2D eigenvalue weighted by atomic mass is 10.2. The predicted octanol–water partition coefficient (Wildman–Crippen LogP) is 1.58. The first-order valence-corrected chi connectivity index (χ1v) is 8.20. The van der Waals surface area contributed by atoms with Crippen LogP contribution in [0.3, 0.4) is 0 Å². The van der Waals surface area contributed by atoms with Crippen molar-refractivity contribution in [1.82, 2.24) is 9.29 Å². The smallest absolute Gasteiger partial charge is 0.214 e. The maximum absolute atomic E-state index is 11.9. The Hall–Kier alpha value is -1.14. The first-order chi connectivity index (χ1) is 9.01. The summed E-state index contributed by atoms with van der Waals surface area (Å²) in [6.07, 6.45) is 1.52. The maximum Gasteiger partial charge on any atom is 0.214 e. The van der Waals surface area contributed by atoms with Gasteiger partial charge in [-0.25, -0.2) is 13.4 Å². The molecule has 0 spiro atoms. The van der Waals surface area contributed by atoms with Gasteiger partial charge in [0.1, 0.15) is 6.10 Å². The molecule has 0 unspecified atom stereocenters. The van der Waals surface area contributed by atoms with Crippen molar-refractivity contribution in [2.75, 3.05) is 18.8 Å². The molecule has 0 saturated carbocycles. The molecule has 1 saturated heterocycles. The predicted molar refractivity (Wildman–Crippen MR) is 73.7 cm³/mol. The summed E-state index contributed by atoms with van der Waals surface area (Å²) in [7, 11) is -3.09. The lowest BCUT2D eigenvalue weighted by Gasteiger charge is -2.37. The Kier molecular flexibility index (Phi) is 4.42. The van der Waals surface area contributed by atoms with E-state index in [9.17, 15) is 8.42 Å². The van der Waals surface area contributed by atoms with Crippen molar-refractivity contribution in [3.63, 3.8) is 0 Å². The molecule has 0 N–H and O–H groups in total. The normalized spacial score (nSPS) is 17.2. The van der Waals surface area contributed by atoms with Crippen molar-refractivity contribution in [3.05, 3.63) is 23.9 Å². The number of hydrogen-bond donors (Lipinski definition) is 0. The monoisotopic (exact) mass is 284 g/mol. The van der Waals surface area contributed by atoms with Crippen LogP contribution in [0.25, 0.3) is 0 Å². The Balaban J connectivity index is 1.83. The number of unbranched alkanes of at least 4 members (excludes halogenated alkanes) is 1. The number of aryl methyl sites for hydroxylation is 1. The van der Waals surface area contributed by atoms with Crippen molar-refractivity contribution < 1.29 is 13.2 Å². The minimum absolute atomic E-state index is 0.0781. The number of aromatic nitrogens is 1. The molecule has 1 fully saturated rings. The van der Waals surface area contributed by atoms with Gasteiger partial charge in [-0.1, -0.05) is 19.4 Å². The zero-order chi connectivity index (χ0) is 13.9. The van der Waals surface area contributed by atoms with Gasteiger partial charge >= 0.3 is 0 Å². The first-order valence-electron chi connectivity index (χ1n) is 6.59. The van der Waals surface area contributed by atoms with Crippen LogP contribution in [0.2, 0.25) is 0 Å². The van der Waals surface area contributed by atoms with E-state index in [0.717, 1.165) is 12.1 Å². The Labute approximate surface area is 114 Å². The molecule has 0 bridgehead atoms. The number of nitrogens with zero attached hydrogens (tertiary/aromatic N) is 2. The maximum atomic E-state index is 11.9. The van der Waals surface area contributed by atoms with Gasteiger partial charge in [0.15, 0.2) is 0 Å². The van der Waals surface area contributed by atoms with Crippen LogP contribution in [0, 0.1) is 6.92 Å². The average Bonchev–Trinajstić information content (AvgIpc) is 2.30. The van der Waals surface area contributed by atoms with Gasteiger partial charge in [0.05, 0.1) is 18.8 Å². The van der Waals surface area contributed by atoms with Gasteiger partial charge in [-0.3, -0.25) is 0 Å². The Bertz CT molecular complexity index is 524. The molecule has 2 rings (SSSR count). The van der Waals surface area contributed by atoms with E-state index in [2.05, 4.69) is 4.98 Å².